The molecule has 0 aliphatic carbocycles. The van der Waals surface area contributed by atoms with Gasteiger partial charge in [0.2, 0.25) is 0 Å². The van der Waals surface area contributed by atoms with Gasteiger partial charge >= 0.3 is 0 Å². The lowest BCUT2D eigenvalue weighted by Crippen LogP contribution is -2.03. The van der Waals surface area contributed by atoms with Gasteiger partial charge in [0.05, 0.1) is 0 Å². The molecule has 0 amide bonds. The maximum absolute atomic E-state index is 12.4. The molecular formula is C23H24N2OS. The summed E-state index contributed by atoms with van der Waals surface area (Å²) in [4.78, 5) is 12.4. The van der Waals surface area contributed by atoms with Gasteiger partial charge in [0, 0.05) is 34.3 Å². The van der Waals surface area contributed by atoms with E-state index >= 15 is 0 Å². The lowest BCUT2D eigenvalue weighted by Gasteiger charge is -2.10. The lowest BCUT2D eigenvalue weighted by molar-refractivity contribution is 0.103. The van der Waals surface area contributed by atoms with Crippen molar-refractivity contribution in [1.29, 1.82) is 0 Å². The molecule has 0 heterocycles. The monoisotopic (exact) mass is 376 g/mol. The molecule has 0 aliphatic rings. The van der Waals surface area contributed by atoms with Crippen LogP contribution >= 0.6 is 11.9 Å². The first-order chi connectivity index (χ1) is 13.1. The second-order valence-corrected chi connectivity index (χ2v) is 7.97. The van der Waals surface area contributed by atoms with E-state index in [1.54, 1.807) is 11.9 Å². The third kappa shape index (κ3) is 5.63. The Morgan fingerprint density at radius 2 is 1.41 bits per heavy atom. The van der Waals surface area contributed by atoms with E-state index in [1.165, 1.54) is 5.56 Å². The molecule has 3 rings (SSSR count). The fourth-order valence-electron chi connectivity index (χ4n) is 2.58. The predicted octanol–water partition coefficient (Wildman–Crippen LogP) is 6.00. The zero-order chi connectivity index (χ0) is 19.1. The topological polar surface area (TPSA) is 41.1 Å². The first-order valence-electron chi connectivity index (χ1n) is 9.06. The van der Waals surface area contributed by atoms with E-state index in [4.69, 9.17) is 0 Å². The quantitative estimate of drug-likeness (QED) is 0.374. The van der Waals surface area contributed by atoms with Crippen LogP contribution in [-0.2, 0) is 6.54 Å². The van der Waals surface area contributed by atoms with Gasteiger partial charge in [0.15, 0.2) is 5.78 Å². The Labute approximate surface area is 165 Å². The first kappa shape index (κ1) is 19.1. The molecule has 0 saturated heterocycles. The van der Waals surface area contributed by atoms with Crippen molar-refractivity contribution in [1.82, 2.24) is 0 Å². The van der Waals surface area contributed by atoms with Crippen LogP contribution < -0.4 is 10.0 Å². The summed E-state index contributed by atoms with van der Waals surface area (Å²) < 4.78 is 3.34. The molecule has 4 heteroatoms. The lowest BCUT2D eigenvalue weighted by atomic mass is 10.0. The van der Waals surface area contributed by atoms with Crippen molar-refractivity contribution in [3.05, 3.63) is 95.6 Å². The Kier molecular flexibility index (Phi) is 6.55. The highest BCUT2D eigenvalue weighted by Crippen LogP contribution is 2.18. The molecule has 0 bridgehead atoms. The Bertz CT molecular complexity index is 859. The van der Waals surface area contributed by atoms with Gasteiger partial charge in [-0.1, -0.05) is 56.3 Å². The van der Waals surface area contributed by atoms with Crippen LogP contribution in [0.25, 0.3) is 0 Å². The second kappa shape index (κ2) is 9.28. The summed E-state index contributed by atoms with van der Waals surface area (Å²) in [7, 11) is 0. The van der Waals surface area contributed by atoms with E-state index < -0.39 is 0 Å². The molecule has 2 N–H and O–H groups in total. The Morgan fingerprint density at radius 3 is 2.04 bits per heavy atom. The number of hydrogen-bond donors (Lipinski definition) is 2. The van der Waals surface area contributed by atoms with Gasteiger partial charge in [-0.15, -0.1) is 0 Å². The standard InChI is InChI=1S/C23H24N2OS/c1-17(2)27-25-22-12-8-18(9-13-22)16-24-21-14-10-20(11-15-21)23(26)19-6-4-3-5-7-19/h3-15,17,24-25H,16H2,1-2H3. The van der Waals surface area contributed by atoms with Gasteiger partial charge < -0.3 is 10.0 Å². The fraction of sp³-hybridized carbons (Fsp3) is 0.174. The molecule has 0 aliphatic heterocycles. The molecule has 0 aromatic heterocycles. The molecule has 3 aromatic rings. The van der Waals surface area contributed by atoms with Crippen molar-refractivity contribution in [2.24, 2.45) is 0 Å². The van der Waals surface area contributed by atoms with E-state index in [9.17, 15) is 4.79 Å². The van der Waals surface area contributed by atoms with E-state index in [0.717, 1.165) is 17.9 Å². The molecule has 0 unspecified atom stereocenters. The molecule has 0 fully saturated rings. The van der Waals surface area contributed by atoms with Crippen LogP contribution in [0.2, 0.25) is 0 Å². The number of carbonyl (C=O) groups is 1. The van der Waals surface area contributed by atoms with Crippen molar-refractivity contribution < 1.29 is 4.79 Å². The number of hydrogen-bond acceptors (Lipinski definition) is 4. The van der Waals surface area contributed by atoms with Gasteiger partial charge in [0.25, 0.3) is 0 Å². The highest BCUT2D eigenvalue weighted by atomic mass is 32.2. The van der Waals surface area contributed by atoms with Crippen LogP contribution in [0.5, 0.6) is 0 Å². The van der Waals surface area contributed by atoms with Crippen molar-refractivity contribution in [2.75, 3.05) is 10.0 Å². The van der Waals surface area contributed by atoms with E-state index in [2.05, 4.69) is 48.2 Å². The van der Waals surface area contributed by atoms with Crippen LogP contribution in [0.4, 0.5) is 11.4 Å². The molecule has 27 heavy (non-hydrogen) atoms. The van der Waals surface area contributed by atoms with Crippen LogP contribution in [0.3, 0.4) is 0 Å². The summed E-state index contributed by atoms with van der Waals surface area (Å²) in [6.07, 6.45) is 0. The Morgan fingerprint density at radius 1 is 0.815 bits per heavy atom. The van der Waals surface area contributed by atoms with Gasteiger partial charge in [0.1, 0.15) is 0 Å². The van der Waals surface area contributed by atoms with Gasteiger partial charge in [-0.05, 0) is 53.9 Å². The molecule has 3 aromatic carbocycles. The minimum absolute atomic E-state index is 0.0458. The SMILES string of the molecule is CC(C)SNc1ccc(CNc2ccc(C(=O)c3ccccc3)cc2)cc1. The smallest absolute Gasteiger partial charge is 0.193 e. The van der Waals surface area contributed by atoms with Gasteiger partial charge in [-0.25, -0.2) is 0 Å². The number of rotatable bonds is 8. The molecule has 0 spiro atoms. The second-order valence-electron chi connectivity index (χ2n) is 6.59. The van der Waals surface area contributed by atoms with E-state index in [0.29, 0.717) is 16.4 Å². The van der Waals surface area contributed by atoms with Crippen molar-refractivity contribution >= 4 is 29.1 Å². The third-order valence-electron chi connectivity index (χ3n) is 4.05. The number of benzene rings is 3. The zero-order valence-corrected chi connectivity index (χ0v) is 16.4. The summed E-state index contributed by atoms with van der Waals surface area (Å²) in [5, 5.41) is 3.94. The maximum atomic E-state index is 12.4. The van der Waals surface area contributed by atoms with Crippen LogP contribution in [0.15, 0.2) is 78.9 Å². The van der Waals surface area contributed by atoms with Crippen LogP contribution in [-0.4, -0.2) is 11.0 Å². The largest absolute Gasteiger partial charge is 0.381 e. The number of carbonyl (C=O) groups excluding carboxylic acids is 1. The van der Waals surface area contributed by atoms with Crippen LogP contribution in [0.1, 0.15) is 35.3 Å². The molecular weight excluding hydrogens is 352 g/mol. The van der Waals surface area contributed by atoms with Crippen LogP contribution in [0, 0.1) is 0 Å². The Hall–Kier alpha value is -2.72. The fourth-order valence-corrected chi connectivity index (χ4v) is 3.08. The van der Waals surface area contributed by atoms with E-state index in [1.807, 2.05) is 54.6 Å². The molecule has 3 nitrogen and oxygen atoms in total. The van der Waals surface area contributed by atoms with Crippen molar-refractivity contribution in [3.8, 4) is 0 Å². The predicted molar refractivity (Wildman–Crippen MR) is 116 cm³/mol. The summed E-state index contributed by atoms with van der Waals surface area (Å²) in [5.74, 6) is 0.0458. The normalized spacial score (nSPS) is 10.6. The summed E-state index contributed by atoms with van der Waals surface area (Å²) in [6.45, 7) is 5.06. The highest BCUT2D eigenvalue weighted by molar-refractivity contribution is 8.01. The van der Waals surface area contributed by atoms with Crippen molar-refractivity contribution in [3.63, 3.8) is 0 Å². The minimum Gasteiger partial charge on any atom is -0.381 e. The third-order valence-corrected chi connectivity index (χ3v) is 4.87. The highest BCUT2D eigenvalue weighted by Gasteiger charge is 2.08. The number of anilines is 2. The molecule has 138 valence electrons. The van der Waals surface area contributed by atoms with Gasteiger partial charge in [-0.2, -0.15) is 0 Å². The first-order valence-corrected chi connectivity index (χ1v) is 9.94. The summed E-state index contributed by atoms with van der Waals surface area (Å²) >= 11 is 1.71. The maximum Gasteiger partial charge on any atom is 0.193 e. The molecule has 0 atom stereocenters. The summed E-state index contributed by atoms with van der Waals surface area (Å²) in [6, 6.07) is 25.4. The van der Waals surface area contributed by atoms with Crippen molar-refractivity contribution in [2.45, 2.75) is 25.6 Å². The van der Waals surface area contributed by atoms with Gasteiger partial charge in [-0.3, -0.25) is 4.79 Å². The molecule has 0 radical (unpaired) electrons. The molecule has 0 saturated carbocycles. The summed E-state index contributed by atoms with van der Waals surface area (Å²) in [5.41, 5.74) is 4.73. The number of ketones is 1. The van der Waals surface area contributed by atoms with E-state index in [-0.39, 0.29) is 5.78 Å². The average molecular weight is 377 g/mol. The zero-order valence-electron chi connectivity index (χ0n) is 15.6. The number of nitrogens with one attached hydrogen (secondary N) is 2. The average Bonchev–Trinajstić information content (AvgIpc) is 2.72. The Balaban J connectivity index is 1.55. The minimum atomic E-state index is 0.0458.